The largest absolute Gasteiger partial charge is 0.444 e. The van der Waals surface area contributed by atoms with Crippen LogP contribution in [0.5, 0.6) is 0 Å². The molecule has 0 spiro atoms. The van der Waals surface area contributed by atoms with Gasteiger partial charge >= 0.3 is 6.09 Å². The summed E-state index contributed by atoms with van der Waals surface area (Å²) in [6, 6.07) is 5.74. The summed E-state index contributed by atoms with van der Waals surface area (Å²) in [5, 5.41) is 3.02. The number of piperidine rings is 1. The van der Waals surface area contributed by atoms with E-state index in [1.54, 1.807) is 23.1 Å². The Kier molecular flexibility index (Phi) is 6.83. The Hall–Kier alpha value is -2.62. The van der Waals surface area contributed by atoms with Gasteiger partial charge in [0, 0.05) is 24.7 Å². The van der Waals surface area contributed by atoms with Crippen LogP contribution in [-0.2, 0) is 19.6 Å². The van der Waals surface area contributed by atoms with Crippen LogP contribution < -0.4 is 10.0 Å². The molecule has 1 fully saturated rings. The molecule has 1 saturated heterocycles. The number of rotatable bonds is 4. The first-order chi connectivity index (χ1) is 14.9. The number of hydrogen-bond donors (Lipinski definition) is 2. The van der Waals surface area contributed by atoms with E-state index in [2.05, 4.69) is 15.0 Å². The quantitative estimate of drug-likeness (QED) is 0.709. The Labute approximate surface area is 189 Å². The molecule has 1 aromatic rings. The first-order valence-corrected chi connectivity index (χ1v) is 12.3. The highest BCUT2D eigenvalue weighted by atomic mass is 32.2. The van der Waals surface area contributed by atoms with E-state index in [4.69, 9.17) is 4.74 Å². The van der Waals surface area contributed by atoms with E-state index in [0.29, 0.717) is 31.5 Å². The lowest BCUT2D eigenvalue weighted by molar-refractivity contribution is -0.124. The van der Waals surface area contributed by atoms with Gasteiger partial charge in [-0.1, -0.05) is 26.0 Å². The minimum atomic E-state index is -3.67. The molecule has 3 rings (SSSR count). The number of benzene rings is 1. The van der Waals surface area contributed by atoms with Crippen LogP contribution in [0.2, 0.25) is 0 Å². The van der Waals surface area contributed by atoms with E-state index in [1.807, 2.05) is 34.6 Å². The molecule has 0 aromatic heterocycles. The van der Waals surface area contributed by atoms with E-state index in [9.17, 15) is 18.0 Å². The topological polar surface area (TPSA) is 117 Å². The fourth-order valence-electron chi connectivity index (χ4n) is 3.70. The van der Waals surface area contributed by atoms with Crippen molar-refractivity contribution in [3.63, 3.8) is 0 Å². The second-order valence-electron chi connectivity index (χ2n) is 9.52. The van der Waals surface area contributed by atoms with Gasteiger partial charge in [-0.05, 0) is 51.7 Å². The fourth-order valence-corrected chi connectivity index (χ4v) is 4.94. The summed E-state index contributed by atoms with van der Waals surface area (Å²) < 4.78 is 32.5. The van der Waals surface area contributed by atoms with E-state index in [-0.39, 0.29) is 34.7 Å². The van der Waals surface area contributed by atoms with Crippen LogP contribution >= 0.6 is 0 Å². The van der Waals surface area contributed by atoms with Gasteiger partial charge < -0.3 is 15.0 Å². The highest BCUT2D eigenvalue weighted by molar-refractivity contribution is 7.90. The second-order valence-corrected chi connectivity index (χ2v) is 11.2. The molecule has 2 heterocycles. The molecule has 2 N–H and O–H groups in total. The highest BCUT2D eigenvalue weighted by Gasteiger charge is 2.34. The number of nitrogens with one attached hydrogen (secondary N) is 2. The summed E-state index contributed by atoms with van der Waals surface area (Å²) in [6.07, 6.45) is 0.879. The van der Waals surface area contributed by atoms with Gasteiger partial charge in [0.15, 0.2) is 0 Å². The number of fused-ring (bicyclic) bond motifs is 1. The van der Waals surface area contributed by atoms with Gasteiger partial charge in [0.05, 0.1) is 4.90 Å². The minimum absolute atomic E-state index is 0.0878. The predicted octanol–water partition coefficient (Wildman–Crippen LogP) is 2.27. The third kappa shape index (κ3) is 5.59. The molecule has 0 aliphatic carbocycles. The van der Waals surface area contributed by atoms with Crippen molar-refractivity contribution in [3.05, 3.63) is 29.8 Å². The van der Waals surface area contributed by atoms with E-state index in [0.717, 1.165) is 0 Å². The van der Waals surface area contributed by atoms with Crippen molar-refractivity contribution >= 4 is 27.9 Å². The molecule has 2 aliphatic rings. The smallest absolute Gasteiger partial charge is 0.410 e. The maximum Gasteiger partial charge on any atom is 0.410 e. The van der Waals surface area contributed by atoms with Gasteiger partial charge in [-0.2, -0.15) is 0 Å². The maximum absolute atomic E-state index is 13.0. The van der Waals surface area contributed by atoms with Crippen molar-refractivity contribution in [1.82, 2.24) is 14.9 Å². The zero-order valence-electron chi connectivity index (χ0n) is 19.2. The van der Waals surface area contributed by atoms with Crippen LogP contribution in [0.4, 0.5) is 4.79 Å². The SMILES string of the molecule is CC(C)[C@H](N=C1NS(=O)(=O)c2ccccc21)C(=O)NC1CCN(C(=O)OC(C)(C)C)CC1. The fraction of sp³-hybridized carbons (Fsp3) is 0.591. The van der Waals surface area contributed by atoms with Crippen LogP contribution in [-0.4, -0.2) is 61.9 Å². The monoisotopic (exact) mass is 464 g/mol. The van der Waals surface area contributed by atoms with Gasteiger partial charge in [0.2, 0.25) is 5.91 Å². The molecule has 0 saturated carbocycles. The molecular formula is C22H32N4O5S. The van der Waals surface area contributed by atoms with Crippen LogP contribution in [0.3, 0.4) is 0 Å². The molecule has 1 atom stereocenters. The molecule has 1 aromatic carbocycles. The molecule has 32 heavy (non-hydrogen) atoms. The standard InChI is InChI=1S/C22H32N4O5S/c1-14(2)18(24-19-16-8-6-7-9-17(16)32(29,30)25-19)20(27)23-15-10-12-26(13-11-15)21(28)31-22(3,4)5/h6-9,14-15,18H,10-13H2,1-5H3,(H,23,27)(H,24,25)/t18-/m0/s1. The minimum Gasteiger partial charge on any atom is -0.444 e. The summed E-state index contributed by atoms with van der Waals surface area (Å²) in [5.74, 6) is -0.206. The lowest BCUT2D eigenvalue weighted by atomic mass is 10.0. The van der Waals surface area contributed by atoms with Crippen LogP contribution in [0, 0.1) is 5.92 Å². The summed E-state index contributed by atoms with van der Waals surface area (Å²) in [5.41, 5.74) is -0.0803. The van der Waals surface area contributed by atoms with Gasteiger partial charge in [-0.25, -0.2) is 13.2 Å². The molecule has 2 amide bonds. The number of ether oxygens (including phenoxy) is 1. The predicted molar refractivity (Wildman–Crippen MR) is 121 cm³/mol. The summed E-state index contributed by atoms with van der Waals surface area (Å²) in [4.78, 5) is 31.6. The maximum atomic E-state index is 13.0. The number of aliphatic imine (C=N–C) groups is 1. The third-order valence-corrected chi connectivity index (χ3v) is 6.72. The van der Waals surface area contributed by atoms with Crippen molar-refractivity contribution in [2.24, 2.45) is 10.9 Å². The van der Waals surface area contributed by atoms with Gasteiger partial charge in [-0.15, -0.1) is 0 Å². The Morgan fingerprint density at radius 3 is 2.41 bits per heavy atom. The average Bonchev–Trinajstić information content (AvgIpc) is 2.95. The molecule has 0 radical (unpaired) electrons. The molecule has 10 heteroatoms. The number of carbonyl (C=O) groups excluding carboxylic acids is 2. The zero-order chi connectivity index (χ0) is 23.7. The van der Waals surface area contributed by atoms with Crippen molar-refractivity contribution in [2.75, 3.05) is 13.1 Å². The number of amides is 2. The highest BCUT2D eigenvalue weighted by Crippen LogP contribution is 2.24. The zero-order valence-corrected chi connectivity index (χ0v) is 20.0. The van der Waals surface area contributed by atoms with E-state index >= 15 is 0 Å². The van der Waals surface area contributed by atoms with E-state index < -0.39 is 21.7 Å². The van der Waals surface area contributed by atoms with Crippen molar-refractivity contribution in [1.29, 1.82) is 0 Å². The Bertz CT molecular complexity index is 1010. The number of carbonyl (C=O) groups is 2. The second kappa shape index (κ2) is 9.09. The summed E-state index contributed by atoms with van der Waals surface area (Å²) in [6.45, 7) is 10.2. The van der Waals surface area contributed by atoms with Crippen LogP contribution in [0.15, 0.2) is 34.2 Å². The molecule has 9 nitrogen and oxygen atoms in total. The van der Waals surface area contributed by atoms with Crippen LogP contribution in [0.1, 0.15) is 53.0 Å². The third-order valence-electron chi connectivity index (χ3n) is 5.32. The Balaban J connectivity index is 1.65. The molecule has 0 bridgehead atoms. The number of nitrogens with zero attached hydrogens (tertiary/aromatic N) is 2. The lowest BCUT2D eigenvalue weighted by Gasteiger charge is -2.34. The summed E-state index contributed by atoms with van der Waals surface area (Å²) in [7, 11) is -3.67. The number of sulfonamides is 1. The lowest BCUT2D eigenvalue weighted by Crippen LogP contribution is -2.50. The molecule has 0 unspecified atom stereocenters. The number of likely N-dealkylation sites (tertiary alicyclic amines) is 1. The molecule has 176 valence electrons. The van der Waals surface area contributed by atoms with Crippen molar-refractivity contribution < 1.29 is 22.7 Å². The number of hydrogen-bond acceptors (Lipinski definition) is 6. The van der Waals surface area contributed by atoms with Gasteiger partial charge in [0.25, 0.3) is 10.0 Å². The van der Waals surface area contributed by atoms with Crippen molar-refractivity contribution in [3.8, 4) is 0 Å². The van der Waals surface area contributed by atoms with Gasteiger partial charge in [-0.3, -0.25) is 14.5 Å². The Morgan fingerprint density at radius 1 is 1.19 bits per heavy atom. The van der Waals surface area contributed by atoms with Crippen LogP contribution in [0.25, 0.3) is 0 Å². The van der Waals surface area contributed by atoms with Gasteiger partial charge in [0.1, 0.15) is 17.5 Å². The van der Waals surface area contributed by atoms with Crippen molar-refractivity contribution in [2.45, 2.75) is 70.0 Å². The first kappa shape index (κ1) is 24.0. The first-order valence-electron chi connectivity index (χ1n) is 10.9. The average molecular weight is 465 g/mol. The molecule has 2 aliphatic heterocycles. The Morgan fingerprint density at radius 2 is 1.81 bits per heavy atom. The number of amidine groups is 1. The normalized spacial score (nSPS) is 20.6. The molecular weight excluding hydrogens is 432 g/mol. The van der Waals surface area contributed by atoms with E-state index in [1.165, 1.54) is 6.07 Å². The summed E-state index contributed by atoms with van der Waals surface area (Å²) >= 11 is 0.